The SMILES string of the molecule is CCNc1ncc(C(=O)N2CCC(CO)C2)s1. The van der Waals surface area contributed by atoms with E-state index >= 15 is 0 Å². The fourth-order valence-electron chi connectivity index (χ4n) is 1.93. The molecule has 0 saturated carbocycles. The van der Waals surface area contributed by atoms with Gasteiger partial charge in [-0.1, -0.05) is 11.3 Å². The van der Waals surface area contributed by atoms with Crippen molar-refractivity contribution in [2.24, 2.45) is 5.92 Å². The number of amides is 1. The van der Waals surface area contributed by atoms with Crippen LogP contribution in [0, 0.1) is 5.92 Å². The summed E-state index contributed by atoms with van der Waals surface area (Å²) in [6.07, 6.45) is 2.51. The molecule has 1 amide bonds. The summed E-state index contributed by atoms with van der Waals surface area (Å²) in [6, 6.07) is 0. The van der Waals surface area contributed by atoms with Crippen LogP contribution in [0.1, 0.15) is 23.0 Å². The van der Waals surface area contributed by atoms with Gasteiger partial charge in [0.1, 0.15) is 4.88 Å². The predicted octanol–water partition coefficient (Wildman–Crippen LogP) is 1.03. The topological polar surface area (TPSA) is 65.5 Å². The molecule has 1 saturated heterocycles. The maximum absolute atomic E-state index is 12.1. The van der Waals surface area contributed by atoms with Crippen molar-refractivity contribution in [3.63, 3.8) is 0 Å². The molecule has 94 valence electrons. The summed E-state index contributed by atoms with van der Waals surface area (Å²) in [4.78, 5) is 18.7. The minimum atomic E-state index is 0.0302. The Morgan fingerprint density at radius 3 is 3.24 bits per heavy atom. The molecule has 17 heavy (non-hydrogen) atoms. The van der Waals surface area contributed by atoms with Gasteiger partial charge < -0.3 is 15.3 Å². The standard InChI is InChI=1S/C11H17N3O2S/c1-2-12-11-13-5-9(17-11)10(16)14-4-3-8(6-14)7-15/h5,8,15H,2-4,6-7H2,1H3,(H,12,13). The van der Waals surface area contributed by atoms with Crippen LogP contribution in [-0.2, 0) is 0 Å². The molecule has 0 bridgehead atoms. The number of carbonyl (C=O) groups is 1. The third-order valence-corrected chi connectivity index (χ3v) is 3.82. The van der Waals surface area contributed by atoms with Crippen molar-refractivity contribution in [1.29, 1.82) is 0 Å². The van der Waals surface area contributed by atoms with E-state index in [1.807, 2.05) is 6.92 Å². The minimum absolute atomic E-state index is 0.0302. The summed E-state index contributed by atoms with van der Waals surface area (Å²) in [5, 5.41) is 12.9. The molecule has 0 aromatic carbocycles. The Morgan fingerprint density at radius 1 is 1.76 bits per heavy atom. The smallest absolute Gasteiger partial charge is 0.265 e. The van der Waals surface area contributed by atoms with Crippen molar-refractivity contribution in [2.45, 2.75) is 13.3 Å². The molecule has 1 aliphatic rings. The van der Waals surface area contributed by atoms with Gasteiger partial charge in [0.15, 0.2) is 5.13 Å². The average Bonchev–Trinajstić information content (AvgIpc) is 2.97. The van der Waals surface area contributed by atoms with Gasteiger partial charge in [-0.25, -0.2) is 4.98 Å². The number of hydrogen-bond acceptors (Lipinski definition) is 5. The van der Waals surface area contributed by atoms with Gasteiger partial charge in [-0.15, -0.1) is 0 Å². The lowest BCUT2D eigenvalue weighted by Gasteiger charge is -2.14. The number of aliphatic hydroxyl groups excluding tert-OH is 1. The lowest BCUT2D eigenvalue weighted by Crippen LogP contribution is -2.28. The Hall–Kier alpha value is -1.14. The zero-order valence-corrected chi connectivity index (χ0v) is 10.7. The Balaban J connectivity index is 1.99. The average molecular weight is 255 g/mol. The van der Waals surface area contributed by atoms with E-state index in [1.165, 1.54) is 11.3 Å². The number of thiazole rings is 1. The molecule has 1 aromatic rings. The number of rotatable bonds is 4. The summed E-state index contributed by atoms with van der Waals surface area (Å²) in [5.74, 6) is 0.266. The number of likely N-dealkylation sites (tertiary alicyclic amines) is 1. The van der Waals surface area contributed by atoms with E-state index in [-0.39, 0.29) is 18.4 Å². The lowest BCUT2D eigenvalue weighted by molar-refractivity contribution is 0.0786. The van der Waals surface area contributed by atoms with Crippen molar-refractivity contribution in [3.8, 4) is 0 Å². The summed E-state index contributed by atoms with van der Waals surface area (Å²) in [7, 11) is 0. The Morgan fingerprint density at radius 2 is 2.59 bits per heavy atom. The number of hydrogen-bond donors (Lipinski definition) is 2. The summed E-state index contributed by atoms with van der Waals surface area (Å²) in [5.41, 5.74) is 0. The van der Waals surface area contributed by atoms with Gasteiger partial charge in [-0.2, -0.15) is 0 Å². The van der Waals surface area contributed by atoms with E-state index in [1.54, 1.807) is 11.1 Å². The number of carbonyl (C=O) groups excluding carboxylic acids is 1. The fourth-order valence-corrected chi connectivity index (χ4v) is 2.78. The van der Waals surface area contributed by atoms with Crippen LogP contribution in [-0.4, -0.2) is 47.1 Å². The summed E-state index contributed by atoms with van der Waals surface area (Å²) < 4.78 is 0. The monoisotopic (exact) mass is 255 g/mol. The van der Waals surface area contributed by atoms with Crippen LogP contribution >= 0.6 is 11.3 Å². The highest BCUT2D eigenvalue weighted by atomic mass is 32.1. The molecular formula is C11H17N3O2S. The highest BCUT2D eigenvalue weighted by molar-refractivity contribution is 7.17. The van der Waals surface area contributed by atoms with Crippen LogP contribution in [0.3, 0.4) is 0 Å². The first-order valence-corrected chi connectivity index (χ1v) is 6.66. The van der Waals surface area contributed by atoms with Gasteiger partial charge in [-0.3, -0.25) is 4.79 Å². The Kier molecular flexibility index (Phi) is 3.96. The number of anilines is 1. The second-order valence-electron chi connectivity index (χ2n) is 4.15. The van der Waals surface area contributed by atoms with E-state index in [0.29, 0.717) is 11.4 Å². The highest BCUT2D eigenvalue weighted by Gasteiger charge is 2.27. The summed E-state index contributed by atoms with van der Waals surface area (Å²) in [6.45, 7) is 4.35. The molecule has 6 heteroatoms. The summed E-state index contributed by atoms with van der Waals surface area (Å²) >= 11 is 1.39. The third-order valence-electron chi connectivity index (χ3n) is 2.88. The van der Waals surface area contributed by atoms with Gasteiger partial charge in [-0.05, 0) is 13.3 Å². The molecule has 1 atom stereocenters. The lowest BCUT2D eigenvalue weighted by atomic mass is 10.1. The first kappa shape index (κ1) is 12.3. The molecule has 1 aliphatic heterocycles. The van der Waals surface area contributed by atoms with Gasteiger partial charge in [0.2, 0.25) is 0 Å². The van der Waals surface area contributed by atoms with Crippen molar-refractivity contribution in [2.75, 3.05) is 31.6 Å². The van der Waals surface area contributed by atoms with Crippen LogP contribution in [0.25, 0.3) is 0 Å². The fraction of sp³-hybridized carbons (Fsp3) is 0.636. The van der Waals surface area contributed by atoms with Crippen LogP contribution in [0.4, 0.5) is 5.13 Å². The quantitative estimate of drug-likeness (QED) is 0.843. The van der Waals surface area contributed by atoms with Gasteiger partial charge in [0.05, 0.1) is 6.20 Å². The van der Waals surface area contributed by atoms with E-state index in [0.717, 1.165) is 24.6 Å². The van der Waals surface area contributed by atoms with Gasteiger partial charge in [0.25, 0.3) is 5.91 Å². The van der Waals surface area contributed by atoms with E-state index in [2.05, 4.69) is 10.3 Å². The molecule has 5 nitrogen and oxygen atoms in total. The number of aromatic nitrogens is 1. The van der Waals surface area contributed by atoms with Crippen LogP contribution in [0.5, 0.6) is 0 Å². The van der Waals surface area contributed by atoms with E-state index in [4.69, 9.17) is 5.11 Å². The van der Waals surface area contributed by atoms with Crippen molar-refractivity contribution < 1.29 is 9.90 Å². The largest absolute Gasteiger partial charge is 0.396 e. The molecule has 2 N–H and O–H groups in total. The molecular weight excluding hydrogens is 238 g/mol. The molecule has 2 heterocycles. The van der Waals surface area contributed by atoms with E-state index in [9.17, 15) is 4.79 Å². The first-order chi connectivity index (χ1) is 8.24. The maximum Gasteiger partial charge on any atom is 0.265 e. The zero-order chi connectivity index (χ0) is 12.3. The maximum atomic E-state index is 12.1. The number of aliphatic hydroxyl groups is 1. The molecule has 2 rings (SSSR count). The molecule has 0 spiro atoms. The zero-order valence-electron chi connectivity index (χ0n) is 9.85. The second kappa shape index (κ2) is 5.46. The van der Waals surface area contributed by atoms with Crippen molar-refractivity contribution in [3.05, 3.63) is 11.1 Å². The van der Waals surface area contributed by atoms with E-state index < -0.39 is 0 Å². The molecule has 1 unspecified atom stereocenters. The van der Waals surface area contributed by atoms with Crippen LogP contribution < -0.4 is 5.32 Å². The highest BCUT2D eigenvalue weighted by Crippen LogP contribution is 2.23. The van der Waals surface area contributed by atoms with Crippen LogP contribution in [0.15, 0.2) is 6.20 Å². The molecule has 0 aliphatic carbocycles. The normalized spacial score (nSPS) is 19.6. The van der Waals surface area contributed by atoms with Crippen LogP contribution in [0.2, 0.25) is 0 Å². The second-order valence-corrected chi connectivity index (χ2v) is 5.18. The molecule has 1 fully saturated rings. The third kappa shape index (κ3) is 2.76. The minimum Gasteiger partial charge on any atom is -0.396 e. The van der Waals surface area contributed by atoms with Crippen molar-refractivity contribution in [1.82, 2.24) is 9.88 Å². The van der Waals surface area contributed by atoms with Gasteiger partial charge >= 0.3 is 0 Å². The van der Waals surface area contributed by atoms with Gasteiger partial charge in [0, 0.05) is 32.2 Å². The number of nitrogens with one attached hydrogen (secondary N) is 1. The predicted molar refractivity (Wildman–Crippen MR) is 67.4 cm³/mol. The first-order valence-electron chi connectivity index (χ1n) is 5.84. The molecule has 0 radical (unpaired) electrons. The Bertz CT molecular complexity index is 394. The number of nitrogens with zero attached hydrogens (tertiary/aromatic N) is 2. The Labute approximate surface area is 104 Å². The molecule has 1 aromatic heterocycles. The van der Waals surface area contributed by atoms with Crippen molar-refractivity contribution >= 4 is 22.4 Å².